The molecule has 6 heteroatoms. The molecule has 0 rings (SSSR count). The highest BCUT2D eigenvalue weighted by Crippen LogP contribution is 1.97. The van der Waals surface area contributed by atoms with Gasteiger partial charge in [0.25, 0.3) is 0 Å². The third kappa shape index (κ3) is 13.1. The Morgan fingerprint density at radius 1 is 1.14 bits per heavy atom. The lowest BCUT2D eigenvalue weighted by Crippen LogP contribution is -2.33. The van der Waals surface area contributed by atoms with Gasteiger partial charge in [-0.1, -0.05) is 0 Å². The summed E-state index contributed by atoms with van der Waals surface area (Å²) < 4.78 is 0. The zero-order chi connectivity index (χ0) is 15.8. The Morgan fingerprint density at radius 2 is 1.81 bits per heavy atom. The molecule has 118 valence electrons. The first-order chi connectivity index (χ1) is 10.2. The number of carbonyl (C=O) groups is 1. The number of carbonyl (C=O) groups excluding carboxylic acids is 1. The van der Waals surface area contributed by atoms with Crippen molar-refractivity contribution < 1.29 is 4.79 Å². The van der Waals surface area contributed by atoms with Crippen LogP contribution in [0.1, 0.15) is 32.6 Å². The van der Waals surface area contributed by atoms with Gasteiger partial charge in [0.1, 0.15) is 0 Å². The summed E-state index contributed by atoms with van der Waals surface area (Å²) in [7, 11) is 0. The van der Waals surface area contributed by atoms with Gasteiger partial charge in [-0.05, 0) is 32.4 Å². The van der Waals surface area contributed by atoms with Crippen LogP contribution in [0.5, 0.6) is 0 Å². The number of nitrogens with one attached hydrogen (secondary N) is 2. The standard InChI is InChI=1S/C15H27N5O/c1-15(21)20(14-6-10-18-9-5-7-16)13-4-3-8-19-12-11-17-2/h18-19H,3-6,8-14H2,1H3. The van der Waals surface area contributed by atoms with Gasteiger partial charge in [0.05, 0.1) is 12.6 Å². The van der Waals surface area contributed by atoms with Crippen molar-refractivity contribution in [1.82, 2.24) is 15.5 Å². The van der Waals surface area contributed by atoms with Gasteiger partial charge in [-0.15, -0.1) is 0 Å². The molecule has 6 nitrogen and oxygen atoms in total. The maximum atomic E-state index is 11.5. The molecule has 1 amide bonds. The number of rotatable bonds is 13. The first kappa shape index (κ1) is 19.4. The van der Waals surface area contributed by atoms with E-state index in [0.29, 0.717) is 19.5 Å². The highest BCUT2D eigenvalue weighted by Gasteiger charge is 2.07. The molecule has 0 aliphatic rings. The van der Waals surface area contributed by atoms with E-state index in [-0.39, 0.29) is 5.91 Å². The molecule has 0 aliphatic heterocycles. The van der Waals surface area contributed by atoms with Crippen LogP contribution in [0.2, 0.25) is 0 Å². The van der Waals surface area contributed by atoms with Gasteiger partial charge in [0.15, 0.2) is 0 Å². The predicted molar refractivity (Wildman–Crippen MR) is 83.5 cm³/mol. The Balaban J connectivity index is 3.57. The number of hydrogen-bond acceptors (Lipinski definition) is 4. The quantitative estimate of drug-likeness (QED) is 0.393. The Hall–Kier alpha value is -1.63. The topological polar surface area (TPSA) is 72.5 Å². The summed E-state index contributed by atoms with van der Waals surface area (Å²) in [4.78, 5) is 16.7. The molecule has 0 aliphatic carbocycles. The Kier molecular flexibility index (Phi) is 13.6. The maximum Gasteiger partial charge on any atom is 0.226 e. The second kappa shape index (κ2) is 14.8. The van der Waals surface area contributed by atoms with Gasteiger partial charge in [0, 0.05) is 33.0 Å². The lowest BCUT2D eigenvalue weighted by molar-refractivity contribution is -0.129. The van der Waals surface area contributed by atoms with E-state index in [1.165, 1.54) is 0 Å². The van der Waals surface area contributed by atoms with Crippen molar-refractivity contribution >= 4 is 5.91 Å². The molecular formula is C15H27N5O. The van der Waals surface area contributed by atoms with Crippen LogP contribution >= 0.6 is 0 Å². The number of nitriles is 1. The molecule has 2 N–H and O–H groups in total. The summed E-state index contributed by atoms with van der Waals surface area (Å²) in [5.74, 6) is 0.119. The zero-order valence-corrected chi connectivity index (χ0v) is 13.0. The second-order valence-electron chi connectivity index (χ2n) is 4.86. The van der Waals surface area contributed by atoms with Gasteiger partial charge in [-0.25, -0.2) is 6.57 Å². The fourth-order valence-electron chi connectivity index (χ4n) is 1.90. The van der Waals surface area contributed by atoms with Crippen molar-refractivity contribution in [2.45, 2.75) is 32.6 Å². The van der Waals surface area contributed by atoms with Crippen LogP contribution in [0.15, 0.2) is 0 Å². The SMILES string of the molecule is [C-]#[N+]CCNCCCCN(CCCNCCC#N)C(C)=O. The van der Waals surface area contributed by atoms with E-state index in [0.717, 1.165) is 52.0 Å². The molecule has 0 aromatic rings. The summed E-state index contributed by atoms with van der Waals surface area (Å²) in [5, 5.41) is 14.8. The third-order valence-corrected chi connectivity index (χ3v) is 3.07. The van der Waals surface area contributed by atoms with Crippen LogP contribution in [0.3, 0.4) is 0 Å². The smallest absolute Gasteiger partial charge is 0.226 e. The van der Waals surface area contributed by atoms with Crippen molar-refractivity contribution in [2.75, 3.05) is 45.8 Å². The molecule has 0 bridgehead atoms. The van der Waals surface area contributed by atoms with Crippen LogP contribution < -0.4 is 10.6 Å². The molecule has 0 atom stereocenters. The van der Waals surface area contributed by atoms with E-state index in [1.54, 1.807) is 6.92 Å². The fraction of sp³-hybridized carbons (Fsp3) is 0.800. The van der Waals surface area contributed by atoms with Crippen molar-refractivity contribution in [3.8, 4) is 6.07 Å². The molecule has 0 saturated heterocycles. The summed E-state index contributed by atoms with van der Waals surface area (Å²) in [6.07, 6.45) is 3.43. The van der Waals surface area contributed by atoms with Crippen molar-refractivity contribution in [3.05, 3.63) is 11.4 Å². The number of nitrogens with zero attached hydrogens (tertiary/aromatic N) is 3. The van der Waals surface area contributed by atoms with E-state index < -0.39 is 0 Å². The van der Waals surface area contributed by atoms with Crippen LogP contribution in [0.4, 0.5) is 0 Å². The molecular weight excluding hydrogens is 266 g/mol. The monoisotopic (exact) mass is 293 g/mol. The van der Waals surface area contributed by atoms with Gasteiger partial charge >= 0.3 is 0 Å². The molecule has 0 aromatic carbocycles. The summed E-state index contributed by atoms with van der Waals surface area (Å²) in [6.45, 7) is 13.5. The van der Waals surface area contributed by atoms with Crippen LogP contribution in [0, 0.1) is 17.9 Å². The molecule has 0 heterocycles. The van der Waals surface area contributed by atoms with E-state index >= 15 is 0 Å². The van der Waals surface area contributed by atoms with E-state index in [2.05, 4.69) is 21.5 Å². The summed E-state index contributed by atoms with van der Waals surface area (Å²) >= 11 is 0. The average molecular weight is 293 g/mol. The lowest BCUT2D eigenvalue weighted by atomic mass is 10.2. The second-order valence-corrected chi connectivity index (χ2v) is 4.86. The minimum Gasteiger partial charge on any atom is -0.343 e. The zero-order valence-electron chi connectivity index (χ0n) is 13.0. The molecule has 0 unspecified atom stereocenters. The average Bonchev–Trinajstić information content (AvgIpc) is 2.47. The Bertz CT molecular complexity index is 345. The van der Waals surface area contributed by atoms with Crippen molar-refractivity contribution in [1.29, 1.82) is 5.26 Å². The largest absolute Gasteiger partial charge is 0.343 e. The fourth-order valence-corrected chi connectivity index (χ4v) is 1.90. The first-order valence-electron chi connectivity index (χ1n) is 7.59. The lowest BCUT2D eigenvalue weighted by Gasteiger charge is -2.21. The minimum atomic E-state index is 0.119. The molecule has 0 saturated carbocycles. The number of unbranched alkanes of at least 4 members (excludes halogenated alkanes) is 1. The van der Waals surface area contributed by atoms with Gasteiger partial charge in [-0.2, -0.15) is 5.26 Å². The van der Waals surface area contributed by atoms with Crippen molar-refractivity contribution in [3.63, 3.8) is 0 Å². The predicted octanol–water partition coefficient (Wildman–Crippen LogP) is 1.02. The highest BCUT2D eigenvalue weighted by molar-refractivity contribution is 5.73. The van der Waals surface area contributed by atoms with Gasteiger partial charge in [-0.3, -0.25) is 4.79 Å². The highest BCUT2D eigenvalue weighted by atomic mass is 16.2. The third-order valence-electron chi connectivity index (χ3n) is 3.07. The molecule has 0 fully saturated rings. The van der Waals surface area contributed by atoms with Crippen LogP contribution in [-0.2, 0) is 4.79 Å². The van der Waals surface area contributed by atoms with Gasteiger partial charge < -0.3 is 20.4 Å². The summed E-state index contributed by atoms with van der Waals surface area (Å²) in [5.41, 5.74) is 0. The number of amides is 1. The Morgan fingerprint density at radius 3 is 2.48 bits per heavy atom. The van der Waals surface area contributed by atoms with E-state index in [4.69, 9.17) is 11.8 Å². The van der Waals surface area contributed by atoms with E-state index in [9.17, 15) is 4.79 Å². The van der Waals surface area contributed by atoms with Crippen molar-refractivity contribution in [2.24, 2.45) is 0 Å². The van der Waals surface area contributed by atoms with Gasteiger partial charge in [0.2, 0.25) is 12.5 Å². The molecule has 21 heavy (non-hydrogen) atoms. The minimum absolute atomic E-state index is 0.119. The molecule has 0 radical (unpaired) electrons. The molecule has 0 spiro atoms. The summed E-state index contributed by atoms with van der Waals surface area (Å²) in [6, 6.07) is 2.09. The normalized spacial score (nSPS) is 9.86. The Labute approximate surface area is 128 Å². The first-order valence-corrected chi connectivity index (χ1v) is 7.59. The maximum absolute atomic E-state index is 11.5. The van der Waals surface area contributed by atoms with Crippen LogP contribution in [0.25, 0.3) is 4.85 Å². The van der Waals surface area contributed by atoms with E-state index in [1.807, 2.05) is 4.90 Å². The number of hydrogen-bond donors (Lipinski definition) is 2. The van der Waals surface area contributed by atoms with Crippen LogP contribution in [-0.4, -0.2) is 56.6 Å². The molecule has 0 aromatic heterocycles.